The lowest BCUT2D eigenvalue weighted by Crippen LogP contribution is -2.30. The number of aryl methyl sites for hydroxylation is 1. The van der Waals surface area contributed by atoms with Gasteiger partial charge in [-0.1, -0.05) is 84.4 Å². The van der Waals surface area contributed by atoms with E-state index in [4.69, 9.17) is 0 Å². The Morgan fingerprint density at radius 2 is 1.51 bits per heavy atom. The van der Waals surface area contributed by atoms with Gasteiger partial charge in [-0.15, -0.1) is 23.1 Å². The van der Waals surface area contributed by atoms with E-state index in [1.807, 2.05) is 73.0 Å². The molecular formula is C38H30N4O3S2. The van der Waals surface area contributed by atoms with E-state index in [-0.39, 0.29) is 23.3 Å². The van der Waals surface area contributed by atoms with Gasteiger partial charge < -0.3 is 16.0 Å². The predicted molar refractivity (Wildman–Crippen MR) is 193 cm³/mol. The summed E-state index contributed by atoms with van der Waals surface area (Å²) in [5, 5.41) is 13.3. The summed E-state index contributed by atoms with van der Waals surface area (Å²) < 4.78 is 0. The lowest BCUT2D eigenvalue weighted by molar-refractivity contribution is -0.114. The van der Waals surface area contributed by atoms with Crippen molar-refractivity contribution in [2.24, 2.45) is 0 Å². The number of rotatable bonds is 10. The van der Waals surface area contributed by atoms with Gasteiger partial charge >= 0.3 is 0 Å². The molecule has 232 valence electrons. The molecule has 1 aromatic heterocycles. The quantitative estimate of drug-likeness (QED) is 0.102. The summed E-state index contributed by atoms with van der Waals surface area (Å²) in [4.78, 5) is 44.4. The maximum Gasteiger partial charge on any atom is 0.272 e. The lowest BCUT2D eigenvalue weighted by Gasteiger charge is -2.12. The van der Waals surface area contributed by atoms with Crippen molar-refractivity contribution < 1.29 is 14.4 Å². The number of carbonyl (C=O) groups is 3. The van der Waals surface area contributed by atoms with Crippen molar-refractivity contribution in [2.45, 2.75) is 11.8 Å². The molecule has 0 aliphatic carbocycles. The highest BCUT2D eigenvalue weighted by molar-refractivity contribution is 8.00. The molecule has 3 amide bonds. The molecule has 0 fully saturated rings. The minimum Gasteiger partial charge on any atom is -0.321 e. The summed E-state index contributed by atoms with van der Waals surface area (Å²) in [6, 6.07) is 38.0. The Labute approximate surface area is 280 Å². The first kappa shape index (κ1) is 31.5. The van der Waals surface area contributed by atoms with Crippen molar-refractivity contribution >= 4 is 68.5 Å². The van der Waals surface area contributed by atoms with Gasteiger partial charge in [0.2, 0.25) is 5.91 Å². The molecule has 0 bridgehead atoms. The molecule has 9 heteroatoms. The molecule has 6 rings (SSSR count). The van der Waals surface area contributed by atoms with Gasteiger partial charge in [0, 0.05) is 27.1 Å². The second-order valence-electron chi connectivity index (χ2n) is 10.7. The standard InChI is InChI=1S/C38H30N4O3S2/c1-25-11-13-26(14-12-25)21-33(40-36(44)28-8-3-2-4-9-28)37(45)39-31-17-19-32(20-18-31)46-24-35(43)42-38-41-34(23-47-38)30-16-15-27-7-5-6-10-29(27)22-30/h2-23H,24H2,1H3,(H,39,45)(H,40,44)(H,41,42,43)/b33-21-. The molecule has 0 unspecified atom stereocenters. The van der Waals surface area contributed by atoms with Crippen LogP contribution < -0.4 is 16.0 Å². The number of anilines is 2. The zero-order chi connectivity index (χ0) is 32.6. The summed E-state index contributed by atoms with van der Waals surface area (Å²) >= 11 is 2.77. The Hall–Kier alpha value is -5.51. The van der Waals surface area contributed by atoms with Crippen LogP contribution in [0.15, 0.2) is 137 Å². The SMILES string of the molecule is Cc1ccc(/C=C(\NC(=O)c2ccccc2)C(=O)Nc2ccc(SCC(=O)Nc3nc(-c4ccc5ccccc5c4)cs3)cc2)cc1. The zero-order valence-corrected chi connectivity index (χ0v) is 27.0. The number of hydrogen-bond donors (Lipinski definition) is 3. The first-order chi connectivity index (χ1) is 22.9. The minimum atomic E-state index is -0.457. The van der Waals surface area contributed by atoms with Crippen LogP contribution in [0.3, 0.4) is 0 Å². The van der Waals surface area contributed by atoms with E-state index >= 15 is 0 Å². The highest BCUT2D eigenvalue weighted by Gasteiger charge is 2.16. The summed E-state index contributed by atoms with van der Waals surface area (Å²) in [6.07, 6.45) is 1.64. The Bertz CT molecular complexity index is 2070. The second kappa shape index (κ2) is 14.7. The third-order valence-electron chi connectivity index (χ3n) is 7.20. The normalized spacial score (nSPS) is 11.2. The molecular weight excluding hydrogens is 625 g/mol. The molecule has 3 N–H and O–H groups in total. The zero-order valence-electron chi connectivity index (χ0n) is 25.4. The van der Waals surface area contributed by atoms with Gasteiger partial charge in [0.05, 0.1) is 11.4 Å². The molecule has 0 aliphatic heterocycles. The van der Waals surface area contributed by atoms with E-state index in [0.29, 0.717) is 16.4 Å². The number of benzene rings is 5. The average Bonchev–Trinajstić information content (AvgIpc) is 3.57. The fraction of sp³-hybridized carbons (Fsp3) is 0.0526. The number of thioether (sulfide) groups is 1. The van der Waals surface area contributed by atoms with Crippen LogP contribution in [0.5, 0.6) is 0 Å². The highest BCUT2D eigenvalue weighted by Crippen LogP contribution is 2.28. The molecule has 47 heavy (non-hydrogen) atoms. The van der Waals surface area contributed by atoms with E-state index in [1.165, 1.54) is 28.5 Å². The number of nitrogens with zero attached hydrogens (tertiary/aromatic N) is 1. The second-order valence-corrected chi connectivity index (χ2v) is 12.6. The molecule has 1 heterocycles. The minimum absolute atomic E-state index is 0.115. The van der Waals surface area contributed by atoms with Gasteiger partial charge in [0.15, 0.2) is 5.13 Å². The summed E-state index contributed by atoms with van der Waals surface area (Å²) in [7, 11) is 0. The number of fused-ring (bicyclic) bond motifs is 1. The van der Waals surface area contributed by atoms with E-state index in [2.05, 4.69) is 45.2 Å². The first-order valence-corrected chi connectivity index (χ1v) is 16.7. The van der Waals surface area contributed by atoms with Crippen molar-refractivity contribution in [3.63, 3.8) is 0 Å². The van der Waals surface area contributed by atoms with E-state index in [0.717, 1.165) is 32.7 Å². The summed E-state index contributed by atoms with van der Waals surface area (Å²) in [6.45, 7) is 1.98. The van der Waals surface area contributed by atoms with Crippen LogP contribution in [0.25, 0.3) is 28.1 Å². The molecule has 0 saturated heterocycles. The van der Waals surface area contributed by atoms with Crippen molar-refractivity contribution in [3.8, 4) is 11.3 Å². The third kappa shape index (κ3) is 8.40. The van der Waals surface area contributed by atoms with Crippen LogP contribution in [-0.4, -0.2) is 28.5 Å². The fourth-order valence-corrected chi connectivity index (χ4v) is 6.16. The van der Waals surface area contributed by atoms with E-state index in [9.17, 15) is 14.4 Å². The molecule has 7 nitrogen and oxygen atoms in total. The lowest BCUT2D eigenvalue weighted by atomic mass is 10.1. The number of hydrogen-bond acceptors (Lipinski definition) is 6. The van der Waals surface area contributed by atoms with Crippen molar-refractivity contribution in [2.75, 3.05) is 16.4 Å². The van der Waals surface area contributed by atoms with Gasteiger partial charge in [-0.05, 0) is 71.8 Å². The Morgan fingerprint density at radius 1 is 0.787 bits per heavy atom. The first-order valence-electron chi connectivity index (χ1n) is 14.8. The monoisotopic (exact) mass is 654 g/mol. The maximum atomic E-state index is 13.3. The average molecular weight is 655 g/mol. The van der Waals surface area contributed by atoms with Crippen LogP contribution >= 0.6 is 23.1 Å². The van der Waals surface area contributed by atoms with Gasteiger partial charge in [0.25, 0.3) is 11.8 Å². The maximum absolute atomic E-state index is 13.3. The summed E-state index contributed by atoms with van der Waals surface area (Å²) in [5.41, 5.74) is 4.80. The highest BCUT2D eigenvalue weighted by atomic mass is 32.2. The van der Waals surface area contributed by atoms with Crippen LogP contribution in [-0.2, 0) is 9.59 Å². The Balaban J connectivity index is 1.05. The van der Waals surface area contributed by atoms with Crippen molar-refractivity contribution in [1.82, 2.24) is 10.3 Å². The van der Waals surface area contributed by atoms with Gasteiger partial charge in [0.1, 0.15) is 5.70 Å². The number of carbonyl (C=O) groups excluding carboxylic acids is 3. The van der Waals surface area contributed by atoms with E-state index < -0.39 is 5.91 Å². The van der Waals surface area contributed by atoms with Crippen molar-refractivity contribution in [3.05, 3.63) is 149 Å². The van der Waals surface area contributed by atoms with Crippen molar-refractivity contribution in [1.29, 1.82) is 0 Å². The Morgan fingerprint density at radius 3 is 2.28 bits per heavy atom. The third-order valence-corrected chi connectivity index (χ3v) is 8.96. The molecule has 6 aromatic rings. The number of aromatic nitrogens is 1. The molecule has 0 saturated carbocycles. The molecule has 0 aliphatic rings. The number of amides is 3. The molecule has 0 spiro atoms. The smallest absolute Gasteiger partial charge is 0.272 e. The Kier molecular flexibility index (Phi) is 9.86. The van der Waals surface area contributed by atoms with Crippen LogP contribution in [0.2, 0.25) is 0 Å². The van der Waals surface area contributed by atoms with Gasteiger partial charge in [-0.3, -0.25) is 14.4 Å². The molecule has 0 atom stereocenters. The van der Waals surface area contributed by atoms with Gasteiger partial charge in [-0.25, -0.2) is 4.98 Å². The molecule has 5 aromatic carbocycles. The topological polar surface area (TPSA) is 100 Å². The van der Waals surface area contributed by atoms with Crippen LogP contribution in [0, 0.1) is 6.92 Å². The van der Waals surface area contributed by atoms with Crippen LogP contribution in [0.1, 0.15) is 21.5 Å². The summed E-state index contributed by atoms with van der Waals surface area (Å²) in [5.74, 6) is -0.800. The largest absolute Gasteiger partial charge is 0.321 e. The predicted octanol–water partition coefficient (Wildman–Crippen LogP) is 8.41. The van der Waals surface area contributed by atoms with Gasteiger partial charge in [-0.2, -0.15) is 0 Å². The number of nitrogens with one attached hydrogen (secondary N) is 3. The number of thiazole rings is 1. The fourth-order valence-electron chi connectivity index (χ4n) is 4.72. The van der Waals surface area contributed by atoms with E-state index in [1.54, 1.807) is 42.5 Å². The molecule has 0 radical (unpaired) electrons. The van der Waals surface area contributed by atoms with Crippen LogP contribution in [0.4, 0.5) is 10.8 Å².